The van der Waals surface area contributed by atoms with E-state index in [9.17, 15) is 21.6 Å². The Labute approximate surface area is 186 Å². The number of carbonyl (C=O) groups is 1. The summed E-state index contributed by atoms with van der Waals surface area (Å²) < 4.78 is 53.0. The highest BCUT2D eigenvalue weighted by atomic mass is 32.2. The second-order valence-electron chi connectivity index (χ2n) is 8.75. The number of sulfonamides is 2. The van der Waals surface area contributed by atoms with Crippen molar-refractivity contribution in [2.24, 2.45) is 5.92 Å². The topological polar surface area (TPSA) is 95.1 Å². The van der Waals surface area contributed by atoms with Gasteiger partial charge in [0.2, 0.25) is 26.0 Å². The van der Waals surface area contributed by atoms with Gasteiger partial charge in [-0.3, -0.25) is 4.79 Å². The molecule has 8 nitrogen and oxygen atoms in total. The summed E-state index contributed by atoms with van der Waals surface area (Å²) in [6, 6.07) is 3.77. The molecule has 2 aliphatic rings. The fourth-order valence-corrected chi connectivity index (χ4v) is 7.51. The summed E-state index contributed by atoms with van der Waals surface area (Å²) in [5.41, 5.74) is 2.52. The molecular formula is C21H33N3O5S2. The van der Waals surface area contributed by atoms with Gasteiger partial charge >= 0.3 is 0 Å². The average Bonchev–Trinajstić information content (AvgIpc) is 2.93. The van der Waals surface area contributed by atoms with Gasteiger partial charge in [-0.2, -0.15) is 4.31 Å². The van der Waals surface area contributed by atoms with Crippen LogP contribution in [0.5, 0.6) is 0 Å². The molecule has 1 aromatic carbocycles. The van der Waals surface area contributed by atoms with E-state index in [-0.39, 0.29) is 11.8 Å². The first-order valence-electron chi connectivity index (χ1n) is 10.7. The molecule has 1 amide bonds. The van der Waals surface area contributed by atoms with Crippen LogP contribution in [0.1, 0.15) is 36.0 Å². The van der Waals surface area contributed by atoms with E-state index in [2.05, 4.69) is 0 Å². The number of aryl methyl sites for hydroxylation is 3. The standard InChI is InChI=1S/C21H33N3O5S2/c1-16-14-17(2)20(18(3)15-16)31(28,29)24-10-6-19(7-11-24)21(25)22-8-5-9-23(13-12-22)30(4,26)27/h14-15,19H,5-13H2,1-4H3. The van der Waals surface area contributed by atoms with E-state index in [1.54, 1.807) is 4.90 Å². The van der Waals surface area contributed by atoms with Crippen LogP contribution in [0, 0.1) is 26.7 Å². The molecule has 0 bridgehead atoms. The van der Waals surface area contributed by atoms with Gasteiger partial charge < -0.3 is 4.90 Å². The third-order valence-electron chi connectivity index (χ3n) is 6.24. The molecule has 2 heterocycles. The van der Waals surface area contributed by atoms with Crippen molar-refractivity contribution in [2.45, 2.75) is 44.9 Å². The SMILES string of the molecule is Cc1cc(C)c(S(=O)(=O)N2CCC(C(=O)N3CCCN(S(C)(=O)=O)CC3)CC2)c(C)c1. The molecule has 0 aromatic heterocycles. The molecule has 31 heavy (non-hydrogen) atoms. The number of carbonyl (C=O) groups excluding carboxylic acids is 1. The van der Waals surface area contributed by atoms with E-state index in [0.29, 0.717) is 63.4 Å². The molecular weight excluding hydrogens is 438 g/mol. The molecule has 0 saturated carbocycles. The van der Waals surface area contributed by atoms with Crippen LogP contribution in [-0.2, 0) is 24.8 Å². The van der Waals surface area contributed by atoms with E-state index in [1.807, 2.05) is 32.9 Å². The van der Waals surface area contributed by atoms with Crippen molar-refractivity contribution in [1.82, 2.24) is 13.5 Å². The predicted molar refractivity (Wildman–Crippen MR) is 120 cm³/mol. The van der Waals surface area contributed by atoms with Crippen molar-refractivity contribution in [3.63, 3.8) is 0 Å². The maximum absolute atomic E-state index is 13.3. The Morgan fingerprint density at radius 1 is 0.839 bits per heavy atom. The van der Waals surface area contributed by atoms with Gasteiger partial charge in [-0.1, -0.05) is 17.7 Å². The summed E-state index contributed by atoms with van der Waals surface area (Å²) in [6.45, 7) is 7.87. The first-order valence-corrected chi connectivity index (χ1v) is 14.0. The molecule has 10 heteroatoms. The number of amides is 1. The summed E-state index contributed by atoms with van der Waals surface area (Å²) in [5, 5.41) is 0. The Hall–Kier alpha value is -1.49. The van der Waals surface area contributed by atoms with Gasteiger partial charge in [0.1, 0.15) is 0 Å². The molecule has 2 saturated heterocycles. The average molecular weight is 472 g/mol. The van der Waals surface area contributed by atoms with Crippen LogP contribution >= 0.6 is 0 Å². The molecule has 0 radical (unpaired) electrons. The van der Waals surface area contributed by atoms with Gasteiger partial charge in [-0.25, -0.2) is 21.1 Å². The lowest BCUT2D eigenvalue weighted by atomic mass is 9.96. The number of rotatable bonds is 4. The molecule has 0 aliphatic carbocycles. The zero-order chi connectivity index (χ0) is 23.0. The third-order valence-corrected chi connectivity index (χ3v) is 9.75. The van der Waals surface area contributed by atoms with Gasteiger partial charge in [0, 0.05) is 45.2 Å². The minimum atomic E-state index is -3.61. The zero-order valence-corrected chi connectivity index (χ0v) is 20.4. The minimum absolute atomic E-state index is 0.00935. The summed E-state index contributed by atoms with van der Waals surface area (Å²) >= 11 is 0. The molecule has 0 unspecified atom stereocenters. The highest BCUT2D eigenvalue weighted by Gasteiger charge is 2.35. The fourth-order valence-electron chi connectivity index (χ4n) is 4.75. The largest absolute Gasteiger partial charge is 0.341 e. The van der Waals surface area contributed by atoms with Crippen molar-refractivity contribution >= 4 is 26.0 Å². The monoisotopic (exact) mass is 471 g/mol. The highest BCUT2D eigenvalue weighted by Crippen LogP contribution is 2.29. The molecule has 3 rings (SSSR count). The summed E-state index contributed by atoms with van der Waals surface area (Å²) in [7, 11) is -6.87. The molecule has 2 fully saturated rings. The van der Waals surface area contributed by atoms with Crippen LogP contribution in [0.2, 0.25) is 0 Å². The molecule has 0 atom stereocenters. The van der Waals surface area contributed by atoms with Crippen molar-refractivity contribution in [3.05, 3.63) is 28.8 Å². The lowest BCUT2D eigenvalue weighted by molar-refractivity contribution is -0.136. The van der Waals surface area contributed by atoms with E-state index >= 15 is 0 Å². The number of hydrogen-bond donors (Lipinski definition) is 0. The Balaban J connectivity index is 1.65. The van der Waals surface area contributed by atoms with Crippen LogP contribution < -0.4 is 0 Å². The highest BCUT2D eigenvalue weighted by molar-refractivity contribution is 7.89. The van der Waals surface area contributed by atoms with Gasteiger partial charge in [-0.05, 0) is 51.2 Å². The molecule has 174 valence electrons. The van der Waals surface area contributed by atoms with Crippen LogP contribution in [0.15, 0.2) is 17.0 Å². The summed E-state index contributed by atoms with van der Waals surface area (Å²) in [4.78, 5) is 15.1. The minimum Gasteiger partial charge on any atom is -0.341 e. The first kappa shape index (κ1) is 24.2. The lowest BCUT2D eigenvalue weighted by Gasteiger charge is -2.34. The number of nitrogens with zero attached hydrogens (tertiary/aromatic N) is 3. The molecule has 0 spiro atoms. The Morgan fingerprint density at radius 3 is 1.97 bits per heavy atom. The van der Waals surface area contributed by atoms with Crippen molar-refractivity contribution in [2.75, 3.05) is 45.5 Å². The van der Waals surface area contributed by atoms with Gasteiger partial charge in [0.05, 0.1) is 11.2 Å². The van der Waals surface area contributed by atoms with E-state index in [0.717, 1.165) is 16.7 Å². The zero-order valence-electron chi connectivity index (χ0n) is 18.8. The van der Waals surface area contributed by atoms with Crippen LogP contribution in [0.3, 0.4) is 0 Å². The lowest BCUT2D eigenvalue weighted by Crippen LogP contribution is -2.45. The second kappa shape index (κ2) is 9.17. The van der Waals surface area contributed by atoms with Crippen molar-refractivity contribution in [1.29, 1.82) is 0 Å². The normalized spacial score (nSPS) is 20.6. The predicted octanol–water partition coefficient (Wildman–Crippen LogP) is 1.51. The summed E-state index contributed by atoms with van der Waals surface area (Å²) in [6.07, 6.45) is 2.76. The van der Waals surface area contributed by atoms with Gasteiger partial charge in [-0.15, -0.1) is 0 Å². The van der Waals surface area contributed by atoms with Crippen LogP contribution in [0.25, 0.3) is 0 Å². The number of piperidine rings is 1. The first-order chi connectivity index (χ1) is 14.4. The van der Waals surface area contributed by atoms with Crippen molar-refractivity contribution < 1.29 is 21.6 Å². The van der Waals surface area contributed by atoms with Gasteiger partial charge in [0.15, 0.2) is 0 Å². The Kier molecular flexibility index (Phi) is 7.15. The van der Waals surface area contributed by atoms with Crippen LogP contribution in [-0.4, -0.2) is 81.8 Å². The molecule has 2 aliphatic heterocycles. The van der Waals surface area contributed by atoms with Crippen LogP contribution in [0.4, 0.5) is 0 Å². The fraction of sp³-hybridized carbons (Fsp3) is 0.667. The maximum Gasteiger partial charge on any atom is 0.243 e. The van der Waals surface area contributed by atoms with E-state index in [4.69, 9.17) is 0 Å². The number of benzene rings is 1. The molecule has 0 N–H and O–H groups in total. The Bertz CT molecular complexity index is 1020. The van der Waals surface area contributed by atoms with E-state index < -0.39 is 20.0 Å². The smallest absolute Gasteiger partial charge is 0.243 e. The summed E-state index contributed by atoms with van der Waals surface area (Å²) in [5.74, 6) is -0.216. The second-order valence-corrected chi connectivity index (χ2v) is 12.6. The number of hydrogen-bond acceptors (Lipinski definition) is 5. The third kappa shape index (κ3) is 5.30. The quantitative estimate of drug-likeness (QED) is 0.663. The van der Waals surface area contributed by atoms with Gasteiger partial charge in [0.25, 0.3) is 0 Å². The van der Waals surface area contributed by atoms with Crippen molar-refractivity contribution in [3.8, 4) is 0 Å². The molecule has 1 aromatic rings. The maximum atomic E-state index is 13.3. The van der Waals surface area contributed by atoms with E-state index in [1.165, 1.54) is 14.9 Å². The Morgan fingerprint density at radius 2 is 1.42 bits per heavy atom.